The Kier molecular flexibility index (Phi) is 4.30. The first-order valence-corrected chi connectivity index (χ1v) is 8.55. The molecule has 132 valence electrons. The largest absolute Gasteiger partial charge is 0.368 e. The molecule has 3 aromatic heterocycles. The van der Waals surface area contributed by atoms with Crippen LogP contribution in [0.4, 0.5) is 5.82 Å². The first kappa shape index (κ1) is 16.2. The van der Waals surface area contributed by atoms with Crippen LogP contribution >= 0.6 is 0 Å². The Labute approximate surface area is 150 Å². The number of nitrogens with zero attached hydrogens (tertiary/aromatic N) is 6. The molecule has 0 fully saturated rings. The average Bonchev–Trinajstić information content (AvgIpc) is 3.29. The summed E-state index contributed by atoms with van der Waals surface area (Å²) in [5, 5.41) is 20.3. The fraction of sp³-hybridized carbons (Fsp3) is 0.278. The van der Waals surface area contributed by atoms with Gasteiger partial charge in [-0.05, 0) is 12.1 Å². The lowest BCUT2D eigenvalue weighted by Gasteiger charge is -2.05. The number of fused-ring (bicyclic) bond motifs is 1. The van der Waals surface area contributed by atoms with E-state index < -0.39 is 0 Å². The second-order valence-corrected chi connectivity index (χ2v) is 6.26. The zero-order chi connectivity index (χ0) is 17.9. The lowest BCUT2D eigenvalue weighted by atomic mass is 10.2. The predicted octanol–water partition coefficient (Wildman–Crippen LogP) is 2.95. The van der Waals surface area contributed by atoms with Gasteiger partial charge in [-0.25, -0.2) is 0 Å². The summed E-state index contributed by atoms with van der Waals surface area (Å²) in [6, 6.07) is 13.6. The lowest BCUT2D eigenvalue weighted by Crippen LogP contribution is -2.08. The van der Waals surface area contributed by atoms with Crippen molar-refractivity contribution in [2.75, 3.05) is 11.9 Å². The summed E-state index contributed by atoms with van der Waals surface area (Å²) in [5.41, 5.74) is 1.67. The van der Waals surface area contributed by atoms with Gasteiger partial charge in [0.25, 0.3) is 0 Å². The Balaban J connectivity index is 1.48. The van der Waals surface area contributed by atoms with Crippen LogP contribution in [0, 0.1) is 0 Å². The molecule has 0 aliphatic rings. The number of hydrogen-bond acceptors (Lipinski definition) is 7. The molecule has 8 nitrogen and oxygen atoms in total. The molecule has 0 aliphatic carbocycles. The van der Waals surface area contributed by atoms with E-state index in [4.69, 9.17) is 4.52 Å². The summed E-state index contributed by atoms with van der Waals surface area (Å²) in [5.74, 6) is 3.06. The quantitative estimate of drug-likeness (QED) is 0.572. The third-order valence-corrected chi connectivity index (χ3v) is 3.94. The molecule has 4 aromatic rings. The Hall–Kier alpha value is -3.29. The Morgan fingerprint density at radius 2 is 1.92 bits per heavy atom. The number of rotatable bonds is 6. The van der Waals surface area contributed by atoms with Gasteiger partial charge in [-0.2, -0.15) is 9.50 Å². The van der Waals surface area contributed by atoms with Gasteiger partial charge in [0.15, 0.2) is 17.3 Å². The highest BCUT2D eigenvalue weighted by molar-refractivity contribution is 5.59. The van der Waals surface area contributed by atoms with Gasteiger partial charge in [0.05, 0.1) is 0 Å². The maximum atomic E-state index is 5.25. The van der Waals surface area contributed by atoms with Gasteiger partial charge < -0.3 is 9.84 Å². The van der Waals surface area contributed by atoms with Crippen LogP contribution in [0.1, 0.15) is 31.5 Å². The van der Waals surface area contributed by atoms with E-state index in [1.807, 2.05) is 56.3 Å². The molecule has 26 heavy (non-hydrogen) atoms. The van der Waals surface area contributed by atoms with Gasteiger partial charge in [-0.3, -0.25) is 0 Å². The van der Waals surface area contributed by atoms with Crippen LogP contribution in [0.25, 0.3) is 17.0 Å². The van der Waals surface area contributed by atoms with E-state index in [1.54, 1.807) is 4.52 Å². The fourth-order valence-electron chi connectivity index (χ4n) is 2.55. The van der Waals surface area contributed by atoms with Crippen molar-refractivity contribution in [3.8, 4) is 11.4 Å². The molecule has 0 unspecified atom stereocenters. The smallest absolute Gasteiger partial charge is 0.228 e. The molecule has 0 radical (unpaired) electrons. The Morgan fingerprint density at radius 1 is 1.08 bits per heavy atom. The van der Waals surface area contributed by atoms with Crippen LogP contribution in [0.15, 0.2) is 47.0 Å². The Bertz CT molecular complexity index is 1010. The third-order valence-electron chi connectivity index (χ3n) is 3.94. The third kappa shape index (κ3) is 3.26. The van der Waals surface area contributed by atoms with Gasteiger partial charge in [-0.15, -0.1) is 15.3 Å². The predicted molar refractivity (Wildman–Crippen MR) is 96.8 cm³/mol. The SMILES string of the molecule is CC(C)c1noc(CCNc2ccc3nnc(-c4ccccc4)n3n2)n1. The molecule has 3 heterocycles. The maximum Gasteiger partial charge on any atom is 0.228 e. The van der Waals surface area contributed by atoms with Crippen molar-refractivity contribution in [2.24, 2.45) is 0 Å². The van der Waals surface area contributed by atoms with Crippen molar-refractivity contribution in [3.05, 3.63) is 54.2 Å². The van der Waals surface area contributed by atoms with Crippen molar-refractivity contribution in [1.29, 1.82) is 0 Å². The molecule has 1 N–H and O–H groups in total. The standard InChI is InChI=1S/C18H19N7O/c1-12(2)17-20-16(26-24-17)10-11-19-14-8-9-15-21-22-18(25(15)23-14)13-6-4-3-5-7-13/h3-9,12H,10-11H2,1-2H3,(H,19,23). The topological polar surface area (TPSA) is 94.0 Å². The van der Waals surface area contributed by atoms with E-state index in [9.17, 15) is 0 Å². The minimum absolute atomic E-state index is 0.259. The maximum absolute atomic E-state index is 5.25. The van der Waals surface area contributed by atoms with Crippen molar-refractivity contribution in [3.63, 3.8) is 0 Å². The molecular weight excluding hydrogens is 330 g/mol. The number of hydrogen-bond donors (Lipinski definition) is 1. The molecule has 0 aliphatic heterocycles. The molecule has 0 spiro atoms. The van der Waals surface area contributed by atoms with Crippen LogP contribution in [-0.4, -0.2) is 36.5 Å². The van der Waals surface area contributed by atoms with E-state index in [0.29, 0.717) is 30.3 Å². The van der Waals surface area contributed by atoms with E-state index in [0.717, 1.165) is 17.2 Å². The summed E-state index contributed by atoms with van der Waals surface area (Å²) in [7, 11) is 0. The highest BCUT2D eigenvalue weighted by atomic mass is 16.5. The first-order valence-electron chi connectivity index (χ1n) is 8.55. The second kappa shape index (κ2) is 6.91. The molecule has 1 aromatic carbocycles. The minimum atomic E-state index is 0.259. The van der Waals surface area contributed by atoms with Crippen molar-refractivity contribution in [2.45, 2.75) is 26.2 Å². The monoisotopic (exact) mass is 349 g/mol. The fourth-order valence-corrected chi connectivity index (χ4v) is 2.55. The summed E-state index contributed by atoms with van der Waals surface area (Å²) in [4.78, 5) is 4.37. The molecule has 0 atom stereocenters. The van der Waals surface area contributed by atoms with Crippen LogP contribution in [0.5, 0.6) is 0 Å². The van der Waals surface area contributed by atoms with Crippen LogP contribution in [0.2, 0.25) is 0 Å². The highest BCUT2D eigenvalue weighted by Crippen LogP contribution is 2.18. The van der Waals surface area contributed by atoms with E-state index in [2.05, 4.69) is 30.8 Å². The van der Waals surface area contributed by atoms with Gasteiger partial charge in [-0.1, -0.05) is 49.3 Å². The average molecular weight is 349 g/mol. The van der Waals surface area contributed by atoms with Crippen molar-refractivity contribution >= 4 is 11.5 Å². The number of anilines is 1. The normalized spacial score (nSPS) is 11.3. The molecule has 0 bridgehead atoms. The minimum Gasteiger partial charge on any atom is -0.368 e. The van der Waals surface area contributed by atoms with Crippen molar-refractivity contribution in [1.82, 2.24) is 30.0 Å². The molecular formula is C18H19N7O. The van der Waals surface area contributed by atoms with E-state index in [-0.39, 0.29) is 5.92 Å². The molecule has 0 amide bonds. The van der Waals surface area contributed by atoms with E-state index >= 15 is 0 Å². The van der Waals surface area contributed by atoms with Crippen molar-refractivity contribution < 1.29 is 4.52 Å². The second-order valence-electron chi connectivity index (χ2n) is 6.26. The summed E-state index contributed by atoms with van der Waals surface area (Å²) in [6.07, 6.45) is 0.632. The number of nitrogens with one attached hydrogen (secondary N) is 1. The van der Waals surface area contributed by atoms with Gasteiger partial charge >= 0.3 is 0 Å². The summed E-state index contributed by atoms with van der Waals surface area (Å²) >= 11 is 0. The summed E-state index contributed by atoms with van der Waals surface area (Å²) < 4.78 is 6.99. The Morgan fingerprint density at radius 3 is 2.69 bits per heavy atom. The number of aromatic nitrogens is 6. The van der Waals surface area contributed by atoms with Gasteiger partial charge in [0.1, 0.15) is 5.82 Å². The molecule has 4 rings (SSSR count). The lowest BCUT2D eigenvalue weighted by molar-refractivity contribution is 0.373. The summed E-state index contributed by atoms with van der Waals surface area (Å²) in [6.45, 7) is 4.71. The first-order chi connectivity index (χ1) is 12.7. The molecule has 8 heteroatoms. The van der Waals surface area contributed by atoms with Gasteiger partial charge in [0.2, 0.25) is 5.89 Å². The molecule has 0 saturated carbocycles. The van der Waals surface area contributed by atoms with Gasteiger partial charge in [0, 0.05) is 24.4 Å². The van der Waals surface area contributed by atoms with Crippen LogP contribution in [0.3, 0.4) is 0 Å². The zero-order valence-corrected chi connectivity index (χ0v) is 14.6. The number of benzene rings is 1. The van der Waals surface area contributed by atoms with Crippen LogP contribution < -0.4 is 5.32 Å². The zero-order valence-electron chi connectivity index (χ0n) is 14.6. The molecule has 0 saturated heterocycles. The van der Waals surface area contributed by atoms with Crippen LogP contribution in [-0.2, 0) is 6.42 Å². The highest BCUT2D eigenvalue weighted by Gasteiger charge is 2.11. The van der Waals surface area contributed by atoms with E-state index in [1.165, 1.54) is 0 Å².